The number of esters is 1. The monoisotopic (exact) mass is 412 g/mol. The molecule has 0 amide bonds. The van der Waals surface area contributed by atoms with Gasteiger partial charge in [-0.15, -0.1) is 0 Å². The fraction of sp³-hybridized carbons (Fsp3) is 0.235. The molecule has 7 heteroatoms. The van der Waals surface area contributed by atoms with Gasteiger partial charge in [0.05, 0.1) is 5.56 Å². The maximum atomic E-state index is 12.8. The van der Waals surface area contributed by atoms with Crippen LogP contribution in [0.4, 0.5) is 0 Å². The lowest BCUT2D eigenvalue weighted by Gasteiger charge is -2.24. The summed E-state index contributed by atoms with van der Waals surface area (Å²) >= 11 is 3.36. The van der Waals surface area contributed by atoms with Gasteiger partial charge in [-0.05, 0) is 29.8 Å². The van der Waals surface area contributed by atoms with Gasteiger partial charge in [0.2, 0.25) is 5.85 Å². The van der Waals surface area contributed by atoms with Crippen molar-refractivity contribution >= 4 is 29.5 Å². The molecule has 24 heavy (non-hydrogen) atoms. The second kappa shape index (κ2) is 8.58. The lowest BCUT2D eigenvalue weighted by molar-refractivity contribution is 0.0385. The van der Waals surface area contributed by atoms with E-state index in [0.717, 1.165) is 10.0 Å². The number of carbonyl (C=O) groups is 1. The van der Waals surface area contributed by atoms with Crippen LogP contribution in [0.3, 0.4) is 0 Å². The van der Waals surface area contributed by atoms with E-state index in [2.05, 4.69) is 15.9 Å². The normalized spacial score (nSPS) is 12.6. The summed E-state index contributed by atoms with van der Waals surface area (Å²) in [7, 11) is -1.05. The maximum absolute atomic E-state index is 12.8. The summed E-state index contributed by atoms with van der Waals surface area (Å²) < 4.78 is 29.2. The molecule has 0 aromatic heterocycles. The van der Waals surface area contributed by atoms with Crippen LogP contribution in [0, 0.1) is 0 Å². The van der Waals surface area contributed by atoms with Crippen LogP contribution in [0.1, 0.15) is 15.9 Å². The standard InChI is InChI=1S/C17H18BrO5P/c1-21-24(20,22-2)16(12-13-8-10-15(18)11-9-13)23-17(19)14-6-4-3-5-7-14/h3-11,16H,12H2,1-2H3/t16-/m1/s1. The van der Waals surface area contributed by atoms with Gasteiger partial charge in [-0.2, -0.15) is 0 Å². The first-order valence-electron chi connectivity index (χ1n) is 7.20. The van der Waals surface area contributed by atoms with Crippen LogP contribution in [0.2, 0.25) is 0 Å². The van der Waals surface area contributed by atoms with Gasteiger partial charge < -0.3 is 13.8 Å². The Hall–Kier alpha value is -1.46. The molecule has 5 nitrogen and oxygen atoms in total. The van der Waals surface area contributed by atoms with Gasteiger partial charge in [-0.1, -0.05) is 46.3 Å². The van der Waals surface area contributed by atoms with Crippen molar-refractivity contribution in [2.75, 3.05) is 14.2 Å². The second-order valence-corrected chi connectivity index (χ2v) is 8.26. The molecule has 0 saturated heterocycles. The molecule has 2 rings (SSSR count). The Kier molecular flexibility index (Phi) is 6.75. The molecule has 0 spiro atoms. The van der Waals surface area contributed by atoms with E-state index < -0.39 is 19.4 Å². The van der Waals surface area contributed by atoms with E-state index in [9.17, 15) is 9.36 Å². The number of benzene rings is 2. The third-order valence-corrected chi connectivity index (χ3v) is 5.98. The van der Waals surface area contributed by atoms with E-state index >= 15 is 0 Å². The fourth-order valence-corrected chi connectivity index (χ4v) is 3.66. The molecule has 0 aliphatic rings. The molecular weight excluding hydrogens is 395 g/mol. The molecule has 2 aromatic carbocycles. The van der Waals surface area contributed by atoms with Crippen LogP contribution in [0.15, 0.2) is 59.1 Å². The summed E-state index contributed by atoms with van der Waals surface area (Å²) in [6.45, 7) is 0. The molecule has 1 atom stereocenters. The summed E-state index contributed by atoms with van der Waals surface area (Å²) in [5, 5.41) is 0. The molecule has 0 fully saturated rings. The SMILES string of the molecule is COP(=O)(OC)[C@H](Cc1ccc(Br)cc1)OC(=O)c1ccccc1. The fourth-order valence-electron chi connectivity index (χ4n) is 2.12. The lowest BCUT2D eigenvalue weighted by atomic mass is 10.2. The number of carbonyl (C=O) groups excluding carboxylic acids is 1. The molecule has 0 unspecified atom stereocenters. The van der Waals surface area contributed by atoms with Crippen LogP contribution in [-0.2, 0) is 24.8 Å². The van der Waals surface area contributed by atoms with Gasteiger partial charge in [0.1, 0.15) is 0 Å². The minimum atomic E-state index is -3.60. The van der Waals surface area contributed by atoms with Crippen LogP contribution in [-0.4, -0.2) is 26.0 Å². The van der Waals surface area contributed by atoms with Gasteiger partial charge in [0.25, 0.3) is 0 Å². The highest BCUT2D eigenvalue weighted by atomic mass is 79.9. The molecule has 0 saturated carbocycles. The van der Waals surface area contributed by atoms with E-state index in [4.69, 9.17) is 13.8 Å². The van der Waals surface area contributed by atoms with Crippen LogP contribution >= 0.6 is 23.5 Å². The summed E-state index contributed by atoms with van der Waals surface area (Å²) in [4.78, 5) is 12.3. The van der Waals surface area contributed by atoms with Crippen molar-refractivity contribution in [3.63, 3.8) is 0 Å². The number of hydrogen-bond donors (Lipinski definition) is 0. The molecular formula is C17H18BrO5P. The summed E-state index contributed by atoms with van der Waals surface area (Å²) in [6.07, 6.45) is 0.213. The smallest absolute Gasteiger partial charge is 0.370 e. The summed E-state index contributed by atoms with van der Waals surface area (Å²) in [6, 6.07) is 15.9. The summed E-state index contributed by atoms with van der Waals surface area (Å²) in [5.41, 5.74) is 1.22. The Morgan fingerprint density at radius 1 is 1.04 bits per heavy atom. The zero-order valence-corrected chi connectivity index (χ0v) is 15.8. The van der Waals surface area contributed by atoms with Crippen molar-refractivity contribution in [1.82, 2.24) is 0 Å². The third kappa shape index (κ3) is 4.77. The van der Waals surface area contributed by atoms with Gasteiger partial charge in [-0.25, -0.2) is 4.79 Å². The topological polar surface area (TPSA) is 61.8 Å². The maximum Gasteiger partial charge on any atom is 0.370 e. The van der Waals surface area contributed by atoms with E-state index in [1.807, 2.05) is 24.3 Å². The zero-order chi connectivity index (χ0) is 17.6. The summed E-state index contributed by atoms with van der Waals surface area (Å²) in [5.74, 6) is -1.62. The van der Waals surface area contributed by atoms with E-state index in [0.29, 0.717) is 5.56 Å². The van der Waals surface area contributed by atoms with Crippen LogP contribution in [0.25, 0.3) is 0 Å². The highest BCUT2D eigenvalue weighted by molar-refractivity contribution is 9.10. The molecule has 0 radical (unpaired) electrons. The Labute approximate surface area is 149 Å². The second-order valence-electron chi connectivity index (χ2n) is 4.96. The molecule has 0 aliphatic heterocycles. The Morgan fingerprint density at radius 3 is 2.17 bits per heavy atom. The number of halogens is 1. The predicted octanol–water partition coefficient (Wildman–Crippen LogP) is 4.66. The Balaban J connectivity index is 2.24. The van der Waals surface area contributed by atoms with Crippen LogP contribution in [0.5, 0.6) is 0 Å². The van der Waals surface area contributed by atoms with Crippen molar-refractivity contribution < 1.29 is 23.1 Å². The van der Waals surface area contributed by atoms with E-state index in [-0.39, 0.29) is 6.42 Å². The minimum Gasteiger partial charge on any atom is -0.445 e. The number of hydrogen-bond acceptors (Lipinski definition) is 5. The Bertz CT molecular complexity index is 710. The van der Waals surface area contributed by atoms with Gasteiger partial charge in [0.15, 0.2) is 0 Å². The van der Waals surface area contributed by atoms with Crippen molar-refractivity contribution in [3.05, 3.63) is 70.2 Å². The molecule has 0 heterocycles. The number of rotatable bonds is 7. The van der Waals surface area contributed by atoms with Crippen molar-refractivity contribution in [2.24, 2.45) is 0 Å². The molecule has 2 aromatic rings. The molecule has 0 bridgehead atoms. The molecule has 128 valence electrons. The van der Waals surface area contributed by atoms with Gasteiger partial charge in [0, 0.05) is 25.1 Å². The third-order valence-electron chi connectivity index (χ3n) is 3.44. The highest BCUT2D eigenvalue weighted by Gasteiger charge is 2.37. The van der Waals surface area contributed by atoms with Crippen molar-refractivity contribution in [1.29, 1.82) is 0 Å². The predicted molar refractivity (Wildman–Crippen MR) is 95.1 cm³/mol. The first kappa shape index (κ1) is 18.9. The number of ether oxygens (including phenoxy) is 1. The average Bonchev–Trinajstić information content (AvgIpc) is 2.63. The lowest BCUT2D eigenvalue weighted by Crippen LogP contribution is -2.22. The van der Waals surface area contributed by atoms with E-state index in [1.165, 1.54) is 14.2 Å². The Morgan fingerprint density at radius 2 is 1.62 bits per heavy atom. The van der Waals surface area contributed by atoms with Crippen molar-refractivity contribution in [3.8, 4) is 0 Å². The minimum absolute atomic E-state index is 0.213. The molecule has 0 aliphatic carbocycles. The average molecular weight is 413 g/mol. The first-order valence-corrected chi connectivity index (χ1v) is 9.60. The van der Waals surface area contributed by atoms with Crippen LogP contribution < -0.4 is 0 Å². The zero-order valence-electron chi connectivity index (χ0n) is 13.3. The van der Waals surface area contributed by atoms with E-state index in [1.54, 1.807) is 30.3 Å². The highest BCUT2D eigenvalue weighted by Crippen LogP contribution is 2.53. The molecule has 0 N–H and O–H groups in total. The van der Waals surface area contributed by atoms with Gasteiger partial charge >= 0.3 is 13.6 Å². The van der Waals surface area contributed by atoms with Gasteiger partial charge in [-0.3, -0.25) is 4.57 Å². The van der Waals surface area contributed by atoms with Crippen molar-refractivity contribution in [2.45, 2.75) is 12.3 Å². The quantitative estimate of drug-likeness (QED) is 0.488. The first-order chi connectivity index (χ1) is 11.5. The largest absolute Gasteiger partial charge is 0.445 e.